The number of likely N-dealkylation sites (N-methyl/N-ethyl adjacent to an activating group) is 1. The van der Waals surface area contributed by atoms with Gasteiger partial charge in [0.05, 0.1) is 0 Å². The monoisotopic (exact) mass is 609 g/mol. The molecular formula is C35H51N3O6. The normalized spacial score (nSPS) is 13.8. The Morgan fingerprint density at radius 3 is 1.82 bits per heavy atom. The average Bonchev–Trinajstić information content (AvgIpc) is 2.92. The Bertz CT molecular complexity index is 1250. The summed E-state index contributed by atoms with van der Waals surface area (Å²) in [4.78, 5) is 55.9. The molecule has 0 spiro atoms. The summed E-state index contributed by atoms with van der Waals surface area (Å²) in [5, 5.41) is 5.62. The lowest BCUT2D eigenvalue weighted by Crippen LogP contribution is -2.56. The smallest absolute Gasteiger partial charge is 0.408 e. The first kappa shape index (κ1) is 36.3. The minimum atomic E-state index is -1.08. The van der Waals surface area contributed by atoms with E-state index in [0.29, 0.717) is 5.56 Å². The van der Waals surface area contributed by atoms with Gasteiger partial charge in [0.25, 0.3) is 0 Å². The lowest BCUT2D eigenvalue weighted by atomic mass is 9.97. The lowest BCUT2D eigenvalue weighted by molar-refractivity contribution is -0.159. The molecule has 0 bridgehead atoms. The number of esters is 1. The molecule has 9 heteroatoms. The first-order valence-electron chi connectivity index (χ1n) is 15.4. The van der Waals surface area contributed by atoms with Crippen LogP contribution in [0, 0.1) is 5.92 Å². The van der Waals surface area contributed by atoms with Crippen molar-refractivity contribution in [1.82, 2.24) is 15.5 Å². The highest BCUT2D eigenvalue weighted by atomic mass is 16.6. The van der Waals surface area contributed by atoms with Gasteiger partial charge in [-0.15, -0.1) is 0 Å². The Hall–Kier alpha value is -3.88. The molecule has 242 valence electrons. The topological polar surface area (TPSA) is 114 Å². The van der Waals surface area contributed by atoms with Crippen LogP contribution < -0.4 is 10.6 Å². The Kier molecular flexibility index (Phi) is 13.0. The van der Waals surface area contributed by atoms with E-state index < -0.39 is 53.2 Å². The SMILES string of the molecule is CCc1ccc(C(C(=O)NC(Cc2ccccc2)C(=O)OC(C)(C)C)N(CC)C(=O)C(NC(=O)OC(C)(C)C)C(C)C)cc1. The number of amides is 3. The molecule has 3 unspecified atom stereocenters. The third-order valence-electron chi connectivity index (χ3n) is 6.78. The lowest BCUT2D eigenvalue weighted by Gasteiger charge is -2.35. The van der Waals surface area contributed by atoms with Gasteiger partial charge < -0.3 is 25.0 Å². The number of carbonyl (C=O) groups is 4. The Labute approximate surface area is 263 Å². The van der Waals surface area contributed by atoms with Gasteiger partial charge >= 0.3 is 12.1 Å². The highest BCUT2D eigenvalue weighted by Crippen LogP contribution is 2.25. The van der Waals surface area contributed by atoms with Crippen molar-refractivity contribution in [1.29, 1.82) is 0 Å². The van der Waals surface area contributed by atoms with Crippen LogP contribution in [-0.2, 0) is 36.7 Å². The number of nitrogens with one attached hydrogen (secondary N) is 2. The van der Waals surface area contributed by atoms with Crippen molar-refractivity contribution in [3.63, 3.8) is 0 Å². The maximum atomic E-state index is 14.3. The van der Waals surface area contributed by atoms with Crippen molar-refractivity contribution >= 4 is 23.9 Å². The molecular weight excluding hydrogens is 558 g/mol. The minimum absolute atomic E-state index is 0.168. The van der Waals surface area contributed by atoms with Crippen LogP contribution in [-0.4, -0.2) is 58.6 Å². The standard InChI is InChI=1S/C35H51N3O6/c1-11-24-18-20-26(21-19-24)29(38(12-2)31(40)28(23(3)4)37-33(42)44-35(8,9)10)30(39)36-27(32(41)43-34(5,6)7)22-25-16-14-13-15-17-25/h13-21,23,27-29H,11-12,22H2,1-10H3,(H,36,39)(H,37,42). The molecule has 3 amide bonds. The molecule has 0 radical (unpaired) electrons. The summed E-state index contributed by atoms with van der Waals surface area (Å²) < 4.78 is 11.1. The fourth-order valence-electron chi connectivity index (χ4n) is 4.67. The molecule has 2 aromatic rings. The molecule has 2 N–H and O–H groups in total. The van der Waals surface area contributed by atoms with Crippen LogP contribution in [0.4, 0.5) is 4.79 Å². The number of carbonyl (C=O) groups excluding carboxylic acids is 4. The van der Waals surface area contributed by atoms with Crippen LogP contribution in [0.1, 0.15) is 92.0 Å². The van der Waals surface area contributed by atoms with Crippen molar-refractivity contribution in [2.45, 2.75) is 111 Å². The van der Waals surface area contributed by atoms with Gasteiger partial charge in [-0.2, -0.15) is 0 Å². The highest BCUT2D eigenvalue weighted by molar-refractivity contribution is 5.94. The van der Waals surface area contributed by atoms with E-state index in [9.17, 15) is 19.2 Å². The molecule has 0 aliphatic carbocycles. The predicted molar refractivity (Wildman–Crippen MR) is 172 cm³/mol. The zero-order chi connectivity index (χ0) is 33.2. The van der Waals surface area contributed by atoms with Gasteiger partial charge in [-0.3, -0.25) is 9.59 Å². The third-order valence-corrected chi connectivity index (χ3v) is 6.78. The van der Waals surface area contributed by atoms with E-state index in [2.05, 4.69) is 10.6 Å². The molecule has 3 atom stereocenters. The number of rotatable bonds is 12. The first-order chi connectivity index (χ1) is 20.5. The molecule has 9 nitrogen and oxygen atoms in total. The van der Waals surface area contributed by atoms with Gasteiger partial charge in [-0.1, -0.05) is 75.4 Å². The largest absolute Gasteiger partial charge is 0.458 e. The van der Waals surface area contributed by atoms with E-state index >= 15 is 0 Å². The van der Waals surface area contributed by atoms with Gasteiger partial charge in [-0.25, -0.2) is 9.59 Å². The molecule has 0 saturated heterocycles. The fraction of sp³-hybridized carbons (Fsp3) is 0.543. The molecule has 0 saturated carbocycles. The summed E-state index contributed by atoms with van der Waals surface area (Å²) in [6, 6.07) is 13.8. The molecule has 44 heavy (non-hydrogen) atoms. The number of ether oxygens (including phenoxy) is 2. The predicted octanol–water partition coefficient (Wildman–Crippen LogP) is 5.76. The average molecular weight is 610 g/mol. The van der Waals surface area contributed by atoms with Gasteiger partial charge in [0.15, 0.2) is 0 Å². The van der Waals surface area contributed by atoms with Crippen LogP contribution in [0.2, 0.25) is 0 Å². The number of nitrogens with zero attached hydrogens (tertiary/aromatic N) is 1. The second kappa shape index (κ2) is 15.7. The van der Waals surface area contributed by atoms with Crippen molar-refractivity contribution < 1.29 is 28.7 Å². The third kappa shape index (κ3) is 11.3. The van der Waals surface area contributed by atoms with E-state index in [1.165, 1.54) is 4.90 Å². The highest BCUT2D eigenvalue weighted by Gasteiger charge is 2.38. The summed E-state index contributed by atoms with van der Waals surface area (Å²) in [7, 11) is 0. The number of alkyl carbamates (subject to hydrolysis) is 1. The van der Waals surface area contributed by atoms with Crippen molar-refractivity contribution in [2.75, 3.05) is 6.54 Å². The molecule has 0 aliphatic rings. The fourth-order valence-corrected chi connectivity index (χ4v) is 4.67. The number of benzene rings is 2. The number of hydrogen-bond acceptors (Lipinski definition) is 6. The van der Waals surface area contributed by atoms with Crippen molar-refractivity contribution in [2.24, 2.45) is 5.92 Å². The second-order valence-electron chi connectivity index (χ2n) is 13.3. The van der Waals surface area contributed by atoms with Crippen LogP contribution in [0.15, 0.2) is 54.6 Å². The summed E-state index contributed by atoms with van der Waals surface area (Å²) in [6.45, 7) is 18.2. The minimum Gasteiger partial charge on any atom is -0.458 e. The maximum absolute atomic E-state index is 14.3. The summed E-state index contributed by atoms with van der Waals surface area (Å²) in [6.07, 6.45) is 0.292. The number of aryl methyl sites for hydroxylation is 1. The quantitative estimate of drug-likeness (QED) is 0.296. The van der Waals surface area contributed by atoms with Crippen molar-refractivity contribution in [3.8, 4) is 0 Å². The second-order valence-corrected chi connectivity index (χ2v) is 13.3. The molecule has 2 rings (SSSR count). The van der Waals surface area contributed by atoms with E-state index in [1.54, 1.807) is 48.5 Å². The Morgan fingerprint density at radius 2 is 1.34 bits per heavy atom. The van der Waals surface area contributed by atoms with E-state index in [4.69, 9.17) is 9.47 Å². The van der Waals surface area contributed by atoms with Crippen molar-refractivity contribution in [3.05, 3.63) is 71.3 Å². The van der Waals surface area contributed by atoms with Gasteiger partial charge in [0.1, 0.15) is 29.3 Å². The van der Waals surface area contributed by atoms with Gasteiger partial charge in [0.2, 0.25) is 11.8 Å². The Balaban J connectivity index is 2.53. The molecule has 0 aromatic heterocycles. The molecule has 0 aliphatic heterocycles. The zero-order valence-electron chi connectivity index (χ0n) is 28.0. The molecule has 2 aromatic carbocycles. The molecule has 0 heterocycles. The van der Waals surface area contributed by atoms with E-state index in [1.807, 2.05) is 75.4 Å². The summed E-state index contributed by atoms with van der Waals surface area (Å²) >= 11 is 0. The van der Waals surface area contributed by atoms with E-state index in [-0.39, 0.29) is 18.9 Å². The van der Waals surface area contributed by atoms with Crippen LogP contribution in [0.5, 0.6) is 0 Å². The first-order valence-corrected chi connectivity index (χ1v) is 15.4. The van der Waals surface area contributed by atoms with Crippen LogP contribution in [0.25, 0.3) is 0 Å². The van der Waals surface area contributed by atoms with Crippen LogP contribution >= 0.6 is 0 Å². The zero-order valence-corrected chi connectivity index (χ0v) is 28.0. The van der Waals surface area contributed by atoms with Crippen LogP contribution in [0.3, 0.4) is 0 Å². The number of hydrogen-bond donors (Lipinski definition) is 2. The summed E-state index contributed by atoms with van der Waals surface area (Å²) in [5.74, 6) is -1.85. The molecule has 0 fully saturated rings. The van der Waals surface area contributed by atoms with Gasteiger partial charge in [-0.05, 0) is 77.5 Å². The Morgan fingerprint density at radius 1 is 0.773 bits per heavy atom. The maximum Gasteiger partial charge on any atom is 0.408 e. The van der Waals surface area contributed by atoms with E-state index in [0.717, 1.165) is 17.5 Å². The summed E-state index contributed by atoms with van der Waals surface area (Å²) in [5.41, 5.74) is 0.979. The van der Waals surface area contributed by atoms with Gasteiger partial charge in [0, 0.05) is 13.0 Å².